The van der Waals surface area contributed by atoms with Gasteiger partial charge in [-0.1, -0.05) is 12.1 Å². The van der Waals surface area contributed by atoms with Crippen molar-refractivity contribution in [2.75, 3.05) is 7.11 Å². The maximum Gasteiger partial charge on any atom is 0.263 e. The van der Waals surface area contributed by atoms with E-state index in [2.05, 4.69) is 25.3 Å². The first-order chi connectivity index (χ1) is 12.7. The monoisotopic (exact) mass is 365 g/mol. The first kappa shape index (κ1) is 16.2. The number of thiazole rings is 1. The molecule has 0 aliphatic rings. The molecule has 4 aromatic rings. The number of rotatable bonds is 5. The molecule has 3 aromatic heterocycles. The minimum absolute atomic E-state index is 0.185. The molecule has 2 N–H and O–H groups in total. The second kappa shape index (κ2) is 6.93. The van der Waals surface area contributed by atoms with E-state index in [0.29, 0.717) is 23.1 Å². The Balaban J connectivity index is 1.44. The number of methoxy groups -OCH3 is 1. The molecule has 0 saturated heterocycles. The van der Waals surface area contributed by atoms with Crippen molar-refractivity contribution in [3.05, 3.63) is 59.5 Å². The molecule has 7 nitrogen and oxygen atoms in total. The summed E-state index contributed by atoms with van der Waals surface area (Å²) < 4.78 is 5.04. The number of amides is 1. The van der Waals surface area contributed by atoms with Crippen LogP contribution in [-0.4, -0.2) is 33.0 Å². The smallest absolute Gasteiger partial charge is 0.263 e. The maximum absolute atomic E-state index is 12.4. The summed E-state index contributed by atoms with van der Waals surface area (Å²) in [5.41, 5.74) is 2.67. The van der Waals surface area contributed by atoms with Crippen molar-refractivity contribution >= 4 is 28.3 Å². The number of ether oxygens (including phenoxy) is 1. The van der Waals surface area contributed by atoms with Gasteiger partial charge in [0.1, 0.15) is 15.7 Å². The quantitative estimate of drug-likeness (QED) is 0.567. The Morgan fingerprint density at radius 3 is 2.85 bits per heavy atom. The number of aromatic amines is 1. The Kier molecular flexibility index (Phi) is 4.32. The number of para-hydroxylation sites is 2. The number of carbonyl (C=O) groups excluding carboxylic acids is 1. The predicted molar refractivity (Wildman–Crippen MR) is 99.2 cm³/mol. The molecule has 3 heterocycles. The molecule has 0 fully saturated rings. The van der Waals surface area contributed by atoms with E-state index >= 15 is 0 Å². The second-order valence-electron chi connectivity index (χ2n) is 5.50. The van der Waals surface area contributed by atoms with Crippen LogP contribution in [0.15, 0.2) is 48.8 Å². The number of benzene rings is 1. The zero-order valence-electron chi connectivity index (χ0n) is 13.9. The molecule has 1 amide bonds. The fourth-order valence-electron chi connectivity index (χ4n) is 2.48. The lowest BCUT2D eigenvalue weighted by atomic mass is 10.3. The third-order valence-corrected chi connectivity index (χ3v) is 4.82. The molecule has 1 aromatic carbocycles. The summed E-state index contributed by atoms with van der Waals surface area (Å²) in [4.78, 5) is 29.0. The van der Waals surface area contributed by atoms with Gasteiger partial charge in [-0.05, 0) is 18.2 Å². The molecule has 8 heteroatoms. The van der Waals surface area contributed by atoms with Crippen LogP contribution >= 0.6 is 11.3 Å². The number of imidazole rings is 1. The van der Waals surface area contributed by atoms with Crippen LogP contribution in [0.5, 0.6) is 5.88 Å². The van der Waals surface area contributed by atoms with Crippen molar-refractivity contribution < 1.29 is 9.53 Å². The molecule has 0 unspecified atom stereocenters. The van der Waals surface area contributed by atoms with E-state index in [1.807, 2.05) is 30.3 Å². The van der Waals surface area contributed by atoms with Gasteiger partial charge in [-0.15, -0.1) is 11.3 Å². The third kappa shape index (κ3) is 3.27. The van der Waals surface area contributed by atoms with Gasteiger partial charge in [-0.25, -0.2) is 15.0 Å². The highest BCUT2D eigenvalue weighted by Gasteiger charge is 2.13. The molecular weight excluding hydrogens is 350 g/mol. The van der Waals surface area contributed by atoms with Crippen molar-refractivity contribution in [3.63, 3.8) is 0 Å². The summed E-state index contributed by atoms with van der Waals surface area (Å²) >= 11 is 1.31. The molecule has 0 saturated carbocycles. The number of H-pyrrole nitrogens is 1. The lowest BCUT2D eigenvalue weighted by Gasteiger charge is -2.00. The number of hydrogen-bond acceptors (Lipinski definition) is 6. The van der Waals surface area contributed by atoms with Crippen molar-refractivity contribution in [2.24, 2.45) is 0 Å². The molecule has 0 spiro atoms. The van der Waals surface area contributed by atoms with E-state index < -0.39 is 0 Å². The molecule has 0 aliphatic heterocycles. The highest BCUT2D eigenvalue weighted by Crippen LogP contribution is 2.25. The number of fused-ring (bicyclic) bond motifs is 1. The molecular formula is C18H15N5O2S. The summed E-state index contributed by atoms with van der Waals surface area (Å²) in [6, 6.07) is 11.4. The summed E-state index contributed by atoms with van der Waals surface area (Å²) in [7, 11) is 1.57. The minimum Gasteiger partial charge on any atom is -0.481 e. The Morgan fingerprint density at radius 1 is 1.19 bits per heavy atom. The van der Waals surface area contributed by atoms with Crippen LogP contribution in [0, 0.1) is 0 Å². The van der Waals surface area contributed by atoms with Crippen LogP contribution in [0.4, 0.5) is 0 Å². The third-order valence-electron chi connectivity index (χ3n) is 3.78. The van der Waals surface area contributed by atoms with E-state index in [4.69, 9.17) is 4.74 Å². The van der Waals surface area contributed by atoms with E-state index in [9.17, 15) is 4.79 Å². The van der Waals surface area contributed by atoms with Gasteiger partial charge in [0.2, 0.25) is 5.88 Å². The lowest BCUT2D eigenvalue weighted by molar-refractivity contribution is 0.0954. The van der Waals surface area contributed by atoms with Gasteiger partial charge in [0.05, 0.1) is 30.9 Å². The number of pyridine rings is 1. The zero-order chi connectivity index (χ0) is 17.9. The predicted octanol–water partition coefficient (Wildman–Crippen LogP) is 3.02. The second-order valence-corrected chi connectivity index (χ2v) is 6.53. The van der Waals surface area contributed by atoms with Crippen LogP contribution in [0.1, 0.15) is 15.5 Å². The molecule has 0 atom stereocenters. The average Bonchev–Trinajstić information content (AvgIpc) is 3.33. The standard InChI is InChI=1S/C18H15N5O2S/c1-25-16-7-6-11(8-19-16)18-21-9-14(26-18)17(24)20-10-15-22-12-4-2-3-5-13(12)23-15/h2-9H,10H2,1H3,(H,20,24)(H,22,23). The minimum atomic E-state index is -0.185. The van der Waals surface area contributed by atoms with E-state index in [0.717, 1.165) is 21.6 Å². The Labute approximate surface area is 153 Å². The first-order valence-electron chi connectivity index (χ1n) is 7.91. The van der Waals surface area contributed by atoms with Crippen molar-refractivity contribution in [2.45, 2.75) is 6.54 Å². The van der Waals surface area contributed by atoms with Gasteiger partial charge >= 0.3 is 0 Å². The summed E-state index contributed by atoms with van der Waals surface area (Å²) in [6.07, 6.45) is 3.24. The van der Waals surface area contributed by atoms with Gasteiger partial charge < -0.3 is 15.0 Å². The topological polar surface area (TPSA) is 92.8 Å². The highest BCUT2D eigenvalue weighted by molar-refractivity contribution is 7.16. The highest BCUT2D eigenvalue weighted by atomic mass is 32.1. The number of hydrogen-bond donors (Lipinski definition) is 2. The van der Waals surface area contributed by atoms with Gasteiger partial charge in [0, 0.05) is 17.8 Å². The Morgan fingerprint density at radius 2 is 2.08 bits per heavy atom. The summed E-state index contributed by atoms with van der Waals surface area (Å²) in [5.74, 6) is 1.06. The molecule has 0 radical (unpaired) electrons. The molecule has 4 rings (SSSR count). The first-order valence-corrected chi connectivity index (χ1v) is 8.72. The van der Waals surface area contributed by atoms with Crippen molar-refractivity contribution in [1.82, 2.24) is 25.3 Å². The van der Waals surface area contributed by atoms with E-state index in [-0.39, 0.29) is 5.91 Å². The van der Waals surface area contributed by atoms with Gasteiger partial charge in [0.25, 0.3) is 5.91 Å². The van der Waals surface area contributed by atoms with E-state index in [1.165, 1.54) is 11.3 Å². The van der Waals surface area contributed by atoms with Crippen LogP contribution in [-0.2, 0) is 6.54 Å². The largest absolute Gasteiger partial charge is 0.481 e. The lowest BCUT2D eigenvalue weighted by Crippen LogP contribution is -2.22. The molecule has 0 aliphatic carbocycles. The van der Waals surface area contributed by atoms with Crippen LogP contribution < -0.4 is 10.1 Å². The van der Waals surface area contributed by atoms with Crippen LogP contribution in [0.3, 0.4) is 0 Å². The molecule has 0 bridgehead atoms. The van der Waals surface area contributed by atoms with Gasteiger partial charge in [0.15, 0.2) is 0 Å². The van der Waals surface area contributed by atoms with Crippen LogP contribution in [0.2, 0.25) is 0 Å². The maximum atomic E-state index is 12.4. The fourth-order valence-corrected chi connectivity index (χ4v) is 3.30. The van der Waals surface area contributed by atoms with E-state index in [1.54, 1.807) is 25.6 Å². The molecule has 26 heavy (non-hydrogen) atoms. The van der Waals surface area contributed by atoms with Gasteiger partial charge in [-0.2, -0.15) is 0 Å². The Hall–Kier alpha value is -3.26. The van der Waals surface area contributed by atoms with Crippen molar-refractivity contribution in [3.8, 4) is 16.5 Å². The zero-order valence-corrected chi connectivity index (χ0v) is 14.7. The van der Waals surface area contributed by atoms with Crippen LogP contribution in [0.25, 0.3) is 21.6 Å². The average molecular weight is 365 g/mol. The summed E-state index contributed by atoms with van der Waals surface area (Å²) in [6.45, 7) is 0.324. The number of nitrogens with zero attached hydrogens (tertiary/aromatic N) is 3. The summed E-state index contributed by atoms with van der Waals surface area (Å²) in [5, 5.41) is 3.59. The Bertz CT molecular complexity index is 1020. The SMILES string of the molecule is COc1ccc(-c2ncc(C(=O)NCc3nc4ccccc4[nH]3)s2)cn1. The van der Waals surface area contributed by atoms with Crippen molar-refractivity contribution in [1.29, 1.82) is 0 Å². The number of aromatic nitrogens is 4. The number of carbonyl (C=O) groups is 1. The fraction of sp³-hybridized carbons (Fsp3) is 0.111. The van der Waals surface area contributed by atoms with Gasteiger partial charge in [-0.3, -0.25) is 4.79 Å². The normalized spacial score (nSPS) is 10.8. The molecule has 130 valence electrons. The number of nitrogens with one attached hydrogen (secondary N) is 2.